The summed E-state index contributed by atoms with van der Waals surface area (Å²) in [6.07, 6.45) is 1.75. The highest BCUT2D eigenvalue weighted by molar-refractivity contribution is 6.79. The normalized spacial score (nSPS) is 14.4. The third-order valence-corrected chi connectivity index (χ3v) is 6.50. The van der Waals surface area contributed by atoms with Gasteiger partial charge in [-0.25, -0.2) is 0 Å². The second kappa shape index (κ2) is 7.65. The third kappa shape index (κ3) is 4.27. The Morgan fingerprint density at radius 2 is 1.64 bits per heavy atom. The van der Waals surface area contributed by atoms with Gasteiger partial charge in [0, 0.05) is 24.6 Å². The van der Waals surface area contributed by atoms with Crippen LogP contribution in [0.4, 0.5) is 0 Å². The molecule has 5 heteroatoms. The fourth-order valence-electron chi connectivity index (χ4n) is 1.56. The van der Waals surface area contributed by atoms with Crippen molar-refractivity contribution in [3.63, 3.8) is 0 Å². The van der Waals surface area contributed by atoms with E-state index >= 15 is 0 Å². The first-order chi connectivity index (χ1) is 6.67. The Morgan fingerprint density at radius 1 is 1.14 bits per heavy atom. The topological polar surface area (TPSA) is 60.7 Å². The largest absolute Gasteiger partial charge is 0.399 e. The molecule has 0 heterocycles. The van der Waals surface area contributed by atoms with Crippen molar-refractivity contribution in [2.75, 3.05) is 24.6 Å². The van der Waals surface area contributed by atoms with Gasteiger partial charge in [0.15, 0.2) is 0 Å². The second-order valence-electron chi connectivity index (χ2n) is 3.93. The van der Waals surface area contributed by atoms with Gasteiger partial charge < -0.3 is 15.3 Å². The predicted octanol–water partition coefficient (Wildman–Crippen LogP) is 0.685. The number of hydrogen-bond acceptors (Lipinski definition) is 3. The average Bonchev–Trinajstić information content (AvgIpc) is 2.25. The highest BCUT2D eigenvalue weighted by atomic mass is 35.5. The molecule has 3 N–H and O–H groups in total. The summed E-state index contributed by atoms with van der Waals surface area (Å²) >= 11 is 5.66. The zero-order valence-corrected chi connectivity index (χ0v) is 10.5. The maximum Gasteiger partial charge on any atom is 0.140 e. The van der Waals surface area contributed by atoms with Crippen LogP contribution in [-0.4, -0.2) is 48.0 Å². The minimum Gasteiger partial charge on any atom is -0.399 e. The fourth-order valence-corrected chi connectivity index (χ4v) is 4.27. The predicted molar refractivity (Wildman–Crippen MR) is 60.9 cm³/mol. The van der Waals surface area contributed by atoms with Crippen molar-refractivity contribution in [1.82, 2.24) is 0 Å². The van der Waals surface area contributed by atoms with Crippen molar-refractivity contribution < 1.29 is 15.3 Å². The van der Waals surface area contributed by atoms with E-state index in [2.05, 4.69) is 6.92 Å². The van der Waals surface area contributed by atoms with Gasteiger partial charge in [-0.15, -0.1) is 11.6 Å². The van der Waals surface area contributed by atoms with Crippen LogP contribution in [0.25, 0.3) is 0 Å². The molecule has 1 unspecified atom stereocenters. The maximum atomic E-state index is 9.20. The van der Waals surface area contributed by atoms with Crippen LogP contribution < -0.4 is 0 Å². The summed E-state index contributed by atoms with van der Waals surface area (Å²) in [6, 6.07) is 0.764. The van der Waals surface area contributed by atoms with E-state index < -0.39 is 8.07 Å². The Morgan fingerprint density at radius 3 is 1.93 bits per heavy atom. The molecule has 0 spiro atoms. The Kier molecular flexibility index (Phi) is 7.86. The fraction of sp³-hybridized carbons (Fsp3) is 1.00. The van der Waals surface area contributed by atoms with Gasteiger partial charge in [0.1, 0.15) is 8.07 Å². The maximum absolute atomic E-state index is 9.20. The van der Waals surface area contributed by atoms with E-state index in [9.17, 15) is 15.3 Å². The summed E-state index contributed by atoms with van der Waals surface area (Å²) in [5.74, 6) is 1.02. The van der Waals surface area contributed by atoms with Crippen LogP contribution in [0.2, 0.25) is 6.04 Å². The van der Waals surface area contributed by atoms with E-state index in [1.807, 2.05) is 0 Å². The Labute approximate surface area is 91.7 Å². The van der Waals surface area contributed by atoms with E-state index in [0.717, 1.165) is 18.9 Å². The molecule has 0 aliphatic rings. The van der Waals surface area contributed by atoms with Gasteiger partial charge in [-0.1, -0.05) is 13.3 Å². The summed E-state index contributed by atoms with van der Waals surface area (Å²) < 4.78 is 0. The molecule has 1 atom stereocenters. The number of alkyl halides is 1. The first-order valence-electron chi connectivity index (χ1n) is 5.06. The van der Waals surface area contributed by atoms with Crippen LogP contribution in [0.3, 0.4) is 0 Å². The van der Waals surface area contributed by atoms with Crippen LogP contribution in [0, 0.1) is 5.92 Å². The molecule has 0 radical (unpaired) electrons. The lowest BCUT2D eigenvalue weighted by molar-refractivity contribution is 0.282. The van der Waals surface area contributed by atoms with Crippen molar-refractivity contribution in [1.29, 1.82) is 0 Å². The van der Waals surface area contributed by atoms with E-state index in [0.29, 0.717) is 11.8 Å². The van der Waals surface area contributed by atoms with Crippen molar-refractivity contribution in [3.8, 4) is 0 Å². The first kappa shape index (κ1) is 14.4. The quantitative estimate of drug-likeness (QED) is 0.432. The summed E-state index contributed by atoms with van der Waals surface area (Å²) in [6.45, 7) is 2.07. The average molecular weight is 241 g/mol. The molecule has 0 saturated carbocycles. The molecule has 14 heavy (non-hydrogen) atoms. The number of aliphatic hydroxyl groups excluding tert-OH is 3. The van der Waals surface area contributed by atoms with Crippen LogP contribution in [0.15, 0.2) is 0 Å². The van der Waals surface area contributed by atoms with Gasteiger partial charge in [-0.05, 0) is 18.4 Å². The molecular formula is C9H21ClO3Si. The van der Waals surface area contributed by atoms with E-state index in [1.54, 1.807) is 0 Å². The summed E-state index contributed by atoms with van der Waals surface area (Å²) in [5.41, 5.74) is 0. The standard InChI is InChI=1S/C9H21ClO3Si/c1-2-9(3-4-10)5-14(6-11,7-12)8-13/h9,11-13H,2-8H2,1H3. The Bertz CT molecular complexity index is 134. The summed E-state index contributed by atoms with van der Waals surface area (Å²) in [4.78, 5) is 0. The molecule has 0 aromatic heterocycles. The van der Waals surface area contributed by atoms with Gasteiger partial charge >= 0.3 is 0 Å². The lowest BCUT2D eigenvalue weighted by Crippen LogP contribution is -2.49. The molecule has 0 aromatic rings. The number of rotatable bonds is 8. The highest BCUT2D eigenvalue weighted by Gasteiger charge is 2.33. The zero-order chi connectivity index (χ0) is 11.0. The van der Waals surface area contributed by atoms with Gasteiger partial charge in [0.25, 0.3) is 0 Å². The highest BCUT2D eigenvalue weighted by Crippen LogP contribution is 2.22. The molecule has 0 amide bonds. The first-order valence-corrected chi connectivity index (χ1v) is 8.42. The van der Waals surface area contributed by atoms with Gasteiger partial charge in [-0.3, -0.25) is 0 Å². The molecular weight excluding hydrogens is 220 g/mol. The van der Waals surface area contributed by atoms with Crippen molar-refractivity contribution in [2.45, 2.75) is 25.8 Å². The van der Waals surface area contributed by atoms with Crippen LogP contribution in [0.1, 0.15) is 19.8 Å². The smallest absolute Gasteiger partial charge is 0.140 e. The van der Waals surface area contributed by atoms with Crippen LogP contribution >= 0.6 is 11.6 Å². The molecule has 0 saturated heterocycles. The van der Waals surface area contributed by atoms with Gasteiger partial charge in [-0.2, -0.15) is 0 Å². The molecule has 0 aromatic carbocycles. The Balaban J connectivity index is 4.24. The van der Waals surface area contributed by atoms with Gasteiger partial charge in [0.2, 0.25) is 0 Å². The third-order valence-electron chi connectivity index (χ3n) is 2.82. The SMILES string of the molecule is CCC(CCCl)C[Si](CO)(CO)CO. The minimum absolute atomic E-state index is 0.0429. The summed E-state index contributed by atoms with van der Waals surface area (Å²) in [5, 5.41) is 27.6. The lowest BCUT2D eigenvalue weighted by atomic mass is 10.1. The minimum atomic E-state index is -2.23. The second-order valence-corrected chi connectivity index (χ2v) is 8.67. The molecule has 86 valence electrons. The van der Waals surface area contributed by atoms with Crippen LogP contribution in [0.5, 0.6) is 0 Å². The molecule has 0 aliphatic carbocycles. The molecule has 0 bridgehead atoms. The lowest BCUT2D eigenvalue weighted by Gasteiger charge is -2.28. The van der Waals surface area contributed by atoms with Crippen molar-refractivity contribution in [3.05, 3.63) is 0 Å². The zero-order valence-electron chi connectivity index (χ0n) is 8.75. The van der Waals surface area contributed by atoms with Gasteiger partial charge in [0.05, 0.1) is 0 Å². The number of aliphatic hydroxyl groups is 3. The number of hydrogen-bond donors (Lipinski definition) is 3. The molecule has 0 rings (SSSR count). The monoisotopic (exact) mass is 240 g/mol. The number of halogens is 1. The van der Waals surface area contributed by atoms with E-state index in [4.69, 9.17) is 11.6 Å². The van der Waals surface area contributed by atoms with Crippen molar-refractivity contribution >= 4 is 19.7 Å². The van der Waals surface area contributed by atoms with Crippen molar-refractivity contribution in [2.24, 2.45) is 5.92 Å². The molecule has 3 nitrogen and oxygen atoms in total. The summed E-state index contributed by atoms with van der Waals surface area (Å²) in [7, 11) is -2.23. The molecule has 0 fully saturated rings. The van der Waals surface area contributed by atoms with E-state index in [1.165, 1.54) is 0 Å². The van der Waals surface area contributed by atoms with E-state index in [-0.39, 0.29) is 18.7 Å². The van der Waals surface area contributed by atoms with Crippen LogP contribution in [-0.2, 0) is 0 Å². The Hall–Kier alpha value is 0.387. The molecule has 0 aliphatic heterocycles.